The fraction of sp³-hybridized carbons (Fsp3) is 1.00. The van der Waals surface area contributed by atoms with Gasteiger partial charge >= 0.3 is 29.6 Å². The third-order valence-electron chi connectivity index (χ3n) is 0.995. The summed E-state index contributed by atoms with van der Waals surface area (Å²) in [5, 5.41) is 0. The maximum absolute atomic E-state index is 10.5. The number of hydrogen-bond acceptors (Lipinski definition) is 5. The Labute approximate surface area is 88.8 Å². The molecule has 0 bridgehead atoms. The molecule has 7 heteroatoms. The van der Waals surface area contributed by atoms with Gasteiger partial charge in [-0.2, -0.15) is 18.6 Å². The summed E-state index contributed by atoms with van der Waals surface area (Å²) in [6.07, 6.45) is 1.17. The van der Waals surface area contributed by atoms with Gasteiger partial charge < -0.3 is 5.73 Å². The Morgan fingerprint density at radius 1 is 1.27 bits per heavy atom. The van der Waals surface area contributed by atoms with E-state index in [1.54, 1.807) is 0 Å². The van der Waals surface area contributed by atoms with Crippen molar-refractivity contribution < 1.29 is 12.7 Å². The van der Waals surface area contributed by atoms with Crippen molar-refractivity contribution in [1.82, 2.24) is 0 Å². The molecular weight excluding hydrogens is 179 g/mol. The van der Waals surface area contributed by atoms with Crippen LogP contribution in [0.5, 0.6) is 0 Å². The van der Waals surface area contributed by atoms with Crippen molar-refractivity contribution in [3.05, 3.63) is 0 Å². The third kappa shape index (κ3) is 8.74. The molecule has 0 amide bonds. The maximum atomic E-state index is 10.5. The SMILES string of the molecule is NCCCCS(=O)(=O)ON.[NaH]. The topological polar surface area (TPSA) is 95.4 Å². The third-order valence-corrected chi connectivity index (χ3v) is 2.08. The normalized spacial score (nSPS) is 10.7. The van der Waals surface area contributed by atoms with Gasteiger partial charge in [-0.05, 0) is 19.4 Å². The fourth-order valence-corrected chi connectivity index (χ4v) is 1.13. The van der Waals surface area contributed by atoms with Crippen molar-refractivity contribution in [3.8, 4) is 0 Å². The van der Waals surface area contributed by atoms with Crippen LogP contribution < -0.4 is 11.6 Å². The molecule has 0 aliphatic heterocycles. The molecule has 0 aromatic rings. The molecule has 0 radical (unpaired) electrons. The first-order chi connectivity index (χ1) is 4.62. The van der Waals surface area contributed by atoms with E-state index in [0.29, 0.717) is 19.4 Å². The number of unbranched alkanes of at least 4 members (excludes halogenated alkanes) is 1. The van der Waals surface area contributed by atoms with Crippen LogP contribution in [0.3, 0.4) is 0 Å². The van der Waals surface area contributed by atoms with Crippen LogP contribution in [0.15, 0.2) is 0 Å². The van der Waals surface area contributed by atoms with Gasteiger partial charge in [0.1, 0.15) is 0 Å². The van der Waals surface area contributed by atoms with Gasteiger partial charge in [-0.25, -0.2) is 0 Å². The van der Waals surface area contributed by atoms with E-state index in [4.69, 9.17) is 5.73 Å². The molecule has 0 aliphatic rings. The van der Waals surface area contributed by atoms with E-state index in [9.17, 15) is 8.42 Å². The van der Waals surface area contributed by atoms with Crippen LogP contribution in [-0.2, 0) is 14.4 Å². The fourth-order valence-electron chi connectivity index (χ4n) is 0.471. The Bertz CT molecular complexity index is 170. The first kappa shape index (κ1) is 14.4. The number of hydrogen-bond donors (Lipinski definition) is 2. The predicted molar refractivity (Wildman–Crippen MR) is 44.5 cm³/mol. The number of rotatable bonds is 5. The summed E-state index contributed by atoms with van der Waals surface area (Å²) in [4.78, 5) is 0. The molecular formula is C4H13N2NaO3S. The van der Waals surface area contributed by atoms with Crippen LogP contribution in [0.2, 0.25) is 0 Å². The van der Waals surface area contributed by atoms with Crippen molar-refractivity contribution in [2.45, 2.75) is 12.8 Å². The van der Waals surface area contributed by atoms with Gasteiger partial charge in [-0.3, -0.25) is 0 Å². The molecule has 0 fully saturated rings. The van der Waals surface area contributed by atoms with Crippen LogP contribution in [0, 0.1) is 0 Å². The van der Waals surface area contributed by atoms with Gasteiger partial charge in [-0.1, -0.05) is 0 Å². The average Bonchev–Trinajstić information content (AvgIpc) is 1.89. The molecule has 0 spiro atoms. The molecule has 0 atom stereocenters. The minimum atomic E-state index is -3.47. The summed E-state index contributed by atoms with van der Waals surface area (Å²) in [7, 11) is -3.47. The quantitative estimate of drug-likeness (QED) is 0.307. The van der Waals surface area contributed by atoms with E-state index >= 15 is 0 Å². The molecule has 0 unspecified atom stereocenters. The van der Waals surface area contributed by atoms with Crippen LogP contribution >= 0.6 is 0 Å². The Balaban J connectivity index is 0. The standard InChI is InChI=1S/C4H12N2O3S.Na.H/c5-3-1-2-4-10(7,8)9-6;;/h1-6H2;;. The molecule has 4 N–H and O–H groups in total. The van der Waals surface area contributed by atoms with Crippen LogP contribution in [0.1, 0.15) is 12.8 Å². The van der Waals surface area contributed by atoms with Gasteiger partial charge in [-0.15, -0.1) is 0 Å². The van der Waals surface area contributed by atoms with Crippen molar-refractivity contribution in [2.24, 2.45) is 11.6 Å². The van der Waals surface area contributed by atoms with Gasteiger partial charge in [0, 0.05) is 0 Å². The molecule has 0 aromatic heterocycles. The molecule has 0 saturated heterocycles. The van der Waals surface area contributed by atoms with E-state index < -0.39 is 10.1 Å². The summed E-state index contributed by atoms with van der Waals surface area (Å²) in [5.41, 5.74) is 5.13. The van der Waals surface area contributed by atoms with Gasteiger partial charge in [0.15, 0.2) is 0 Å². The zero-order valence-corrected chi connectivity index (χ0v) is 6.43. The van der Waals surface area contributed by atoms with Crippen molar-refractivity contribution in [1.29, 1.82) is 0 Å². The van der Waals surface area contributed by atoms with Crippen molar-refractivity contribution in [3.63, 3.8) is 0 Å². The molecule has 11 heavy (non-hydrogen) atoms. The molecule has 64 valence electrons. The van der Waals surface area contributed by atoms with E-state index in [1.165, 1.54) is 0 Å². The second-order valence-corrected chi connectivity index (χ2v) is 3.57. The summed E-state index contributed by atoms with van der Waals surface area (Å²) in [6.45, 7) is 0.486. The van der Waals surface area contributed by atoms with E-state index in [1.807, 2.05) is 0 Å². The monoisotopic (exact) mass is 192 g/mol. The second-order valence-electron chi connectivity index (χ2n) is 1.85. The summed E-state index contributed by atoms with van der Waals surface area (Å²) < 4.78 is 24.7. The molecule has 5 nitrogen and oxygen atoms in total. The molecule has 0 saturated carbocycles. The molecule has 0 rings (SSSR count). The zero-order valence-electron chi connectivity index (χ0n) is 5.62. The van der Waals surface area contributed by atoms with Gasteiger partial charge in [0.25, 0.3) is 10.1 Å². The van der Waals surface area contributed by atoms with Crippen LogP contribution in [-0.4, -0.2) is 50.3 Å². The van der Waals surface area contributed by atoms with Gasteiger partial charge in [0.05, 0.1) is 5.75 Å². The van der Waals surface area contributed by atoms with Crippen LogP contribution in [0.25, 0.3) is 0 Å². The zero-order chi connectivity index (χ0) is 8.04. The first-order valence-electron chi connectivity index (χ1n) is 2.93. The van der Waals surface area contributed by atoms with E-state index in [-0.39, 0.29) is 35.3 Å². The second kappa shape index (κ2) is 7.48. The Morgan fingerprint density at radius 3 is 2.18 bits per heavy atom. The average molecular weight is 192 g/mol. The summed E-state index contributed by atoms with van der Waals surface area (Å²) >= 11 is 0. The van der Waals surface area contributed by atoms with Gasteiger partial charge in [0.2, 0.25) is 0 Å². The summed E-state index contributed by atoms with van der Waals surface area (Å²) in [5.74, 6) is 4.41. The first-order valence-corrected chi connectivity index (χ1v) is 4.51. The molecule has 0 aliphatic carbocycles. The molecule has 0 aromatic carbocycles. The number of nitrogens with two attached hydrogens (primary N) is 2. The minimum absolute atomic E-state index is 0. The Kier molecular flexibility index (Phi) is 9.76. The van der Waals surface area contributed by atoms with Crippen molar-refractivity contribution in [2.75, 3.05) is 12.3 Å². The molecule has 0 heterocycles. The Morgan fingerprint density at radius 2 is 1.82 bits per heavy atom. The predicted octanol–water partition coefficient (Wildman–Crippen LogP) is -1.70. The van der Waals surface area contributed by atoms with Crippen LogP contribution in [0.4, 0.5) is 0 Å². The summed E-state index contributed by atoms with van der Waals surface area (Å²) in [6, 6.07) is 0. The van der Waals surface area contributed by atoms with E-state index in [2.05, 4.69) is 10.2 Å². The van der Waals surface area contributed by atoms with E-state index in [0.717, 1.165) is 0 Å². The van der Waals surface area contributed by atoms with Crippen molar-refractivity contribution >= 4 is 39.7 Å². The Hall–Kier alpha value is 0.830.